The minimum Gasteiger partial charge on any atom is -0.383 e. The molecule has 94 valence electrons. The molecule has 0 aliphatic carbocycles. The second kappa shape index (κ2) is 4.81. The fourth-order valence-electron chi connectivity index (χ4n) is 1.69. The number of anilines is 2. The van der Waals surface area contributed by atoms with Crippen molar-refractivity contribution >= 4 is 33.3 Å². The van der Waals surface area contributed by atoms with Gasteiger partial charge >= 0.3 is 0 Å². The number of aryl methyl sites for hydroxylation is 2. The third kappa shape index (κ3) is 2.38. The summed E-state index contributed by atoms with van der Waals surface area (Å²) in [5, 5.41) is 9.04. The van der Waals surface area contributed by atoms with E-state index in [1.807, 2.05) is 26.0 Å². The first-order valence-corrected chi connectivity index (χ1v) is 6.15. The summed E-state index contributed by atoms with van der Waals surface area (Å²) in [6.45, 7) is 3.94. The van der Waals surface area contributed by atoms with Gasteiger partial charge in [0.05, 0.1) is 6.20 Å². The molecule has 2 aromatic rings. The third-order valence-corrected chi connectivity index (χ3v) is 3.86. The maximum Gasteiger partial charge on any atom is 0.261 e. The summed E-state index contributed by atoms with van der Waals surface area (Å²) in [6.07, 6.45) is 1.41. The van der Waals surface area contributed by atoms with Crippen LogP contribution >= 0.6 is 15.9 Å². The number of carbonyl (C=O) groups is 1. The van der Waals surface area contributed by atoms with Crippen molar-refractivity contribution in [2.75, 3.05) is 11.1 Å². The molecule has 0 fully saturated rings. The fourth-order valence-corrected chi connectivity index (χ4v) is 1.92. The lowest BCUT2D eigenvalue weighted by atomic mass is 10.1. The number of nitrogens with two attached hydrogens (primary N) is 1. The highest BCUT2D eigenvalue weighted by Crippen LogP contribution is 2.25. The summed E-state index contributed by atoms with van der Waals surface area (Å²) in [5.74, 6) is -0.0135. The normalized spacial score (nSPS) is 10.4. The number of benzene rings is 1. The summed E-state index contributed by atoms with van der Waals surface area (Å²) in [4.78, 5) is 11.9. The second-order valence-corrected chi connectivity index (χ2v) is 4.87. The first-order chi connectivity index (χ1) is 8.49. The molecule has 1 amide bonds. The van der Waals surface area contributed by atoms with Crippen molar-refractivity contribution in [3.63, 3.8) is 0 Å². The zero-order valence-corrected chi connectivity index (χ0v) is 11.6. The molecule has 0 radical (unpaired) electrons. The van der Waals surface area contributed by atoms with Gasteiger partial charge in [-0.3, -0.25) is 9.89 Å². The largest absolute Gasteiger partial charge is 0.383 e. The van der Waals surface area contributed by atoms with E-state index in [2.05, 4.69) is 31.4 Å². The number of aromatic nitrogens is 2. The van der Waals surface area contributed by atoms with Crippen LogP contribution in [-0.4, -0.2) is 16.1 Å². The first-order valence-electron chi connectivity index (χ1n) is 5.36. The molecule has 0 bridgehead atoms. The van der Waals surface area contributed by atoms with E-state index in [-0.39, 0.29) is 11.7 Å². The monoisotopic (exact) mass is 308 g/mol. The van der Waals surface area contributed by atoms with Gasteiger partial charge in [0.1, 0.15) is 11.4 Å². The highest BCUT2D eigenvalue weighted by molar-refractivity contribution is 9.10. The molecule has 4 N–H and O–H groups in total. The smallest absolute Gasteiger partial charge is 0.261 e. The van der Waals surface area contributed by atoms with Crippen LogP contribution in [0.15, 0.2) is 22.8 Å². The van der Waals surface area contributed by atoms with Gasteiger partial charge in [0.2, 0.25) is 0 Å². The Hall–Kier alpha value is -1.82. The van der Waals surface area contributed by atoms with Crippen LogP contribution in [0.5, 0.6) is 0 Å². The van der Waals surface area contributed by atoms with Gasteiger partial charge in [-0.1, -0.05) is 15.9 Å². The van der Waals surface area contributed by atoms with Gasteiger partial charge in [-0.05, 0) is 37.1 Å². The summed E-state index contributed by atoms with van der Waals surface area (Å²) in [6, 6.07) is 3.79. The lowest BCUT2D eigenvalue weighted by molar-refractivity contribution is 0.102. The van der Waals surface area contributed by atoms with Crippen LogP contribution in [0.3, 0.4) is 0 Å². The molecule has 1 heterocycles. The molecule has 5 nitrogen and oxygen atoms in total. The number of H-pyrrole nitrogens is 1. The van der Waals surface area contributed by atoms with E-state index in [0.717, 1.165) is 21.3 Å². The van der Waals surface area contributed by atoms with Crippen molar-refractivity contribution in [2.24, 2.45) is 0 Å². The minimum atomic E-state index is -0.276. The van der Waals surface area contributed by atoms with Crippen molar-refractivity contribution in [1.82, 2.24) is 10.2 Å². The van der Waals surface area contributed by atoms with E-state index in [0.29, 0.717) is 5.56 Å². The molecule has 2 rings (SSSR count). The second-order valence-electron chi connectivity index (χ2n) is 4.08. The maximum absolute atomic E-state index is 11.9. The molecular weight excluding hydrogens is 296 g/mol. The number of hydrogen-bond acceptors (Lipinski definition) is 3. The predicted molar refractivity (Wildman–Crippen MR) is 74.6 cm³/mol. The summed E-state index contributed by atoms with van der Waals surface area (Å²) in [7, 11) is 0. The van der Waals surface area contributed by atoms with Gasteiger partial charge in [0.25, 0.3) is 5.91 Å². The number of rotatable bonds is 2. The van der Waals surface area contributed by atoms with Crippen LogP contribution in [0, 0.1) is 13.8 Å². The Morgan fingerprint density at radius 3 is 2.50 bits per heavy atom. The summed E-state index contributed by atoms with van der Waals surface area (Å²) >= 11 is 3.48. The number of nitrogens with zero attached hydrogens (tertiary/aromatic N) is 1. The van der Waals surface area contributed by atoms with E-state index in [1.54, 1.807) is 0 Å². The van der Waals surface area contributed by atoms with Gasteiger partial charge in [-0.15, -0.1) is 0 Å². The molecule has 0 atom stereocenters. The molecular formula is C12H13BrN4O. The number of nitrogens with one attached hydrogen (secondary N) is 2. The van der Waals surface area contributed by atoms with E-state index in [4.69, 9.17) is 5.73 Å². The molecule has 0 spiro atoms. The molecule has 1 aromatic carbocycles. The Bertz CT molecular complexity index is 583. The molecule has 0 saturated heterocycles. The Morgan fingerprint density at radius 1 is 1.39 bits per heavy atom. The third-order valence-electron chi connectivity index (χ3n) is 2.61. The quantitative estimate of drug-likeness (QED) is 0.797. The van der Waals surface area contributed by atoms with Crippen LogP contribution in [0.1, 0.15) is 21.5 Å². The van der Waals surface area contributed by atoms with Crippen molar-refractivity contribution in [2.45, 2.75) is 13.8 Å². The van der Waals surface area contributed by atoms with Crippen LogP contribution in [0.2, 0.25) is 0 Å². The molecule has 0 aliphatic heterocycles. The minimum absolute atomic E-state index is 0.262. The summed E-state index contributed by atoms with van der Waals surface area (Å²) in [5.41, 5.74) is 8.79. The van der Waals surface area contributed by atoms with Crippen molar-refractivity contribution in [1.29, 1.82) is 0 Å². The average Bonchev–Trinajstić information content (AvgIpc) is 2.72. The van der Waals surface area contributed by atoms with Crippen molar-refractivity contribution < 1.29 is 4.79 Å². The highest BCUT2D eigenvalue weighted by Gasteiger charge is 2.12. The van der Waals surface area contributed by atoms with Gasteiger partial charge < -0.3 is 11.1 Å². The maximum atomic E-state index is 11.9. The Labute approximate surface area is 113 Å². The molecule has 0 aliphatic rings. The standard InChI is InChI=1S/C12H13BrN4O/c1-6-3-8(4-7(2)10(6)13)16-12(18)9-5-15-17-11(9)14/h3-5H,1-2H3,(H,16,18)(H3,14,15,17). The lowest BCUT2D eigenvalue weighted by Crippen LogP contribution is -2.13. The number of aromatic amines is 1. The van der Waals surface area contributed by atoms with Gasteiger partial charge in [0.15, 0.2) is 0 Å². The first kappa shape index (κ1) is 12.6. The van der Waals surface area contributed by atoms with Gasteiger partial charge in [-0.2, -0.15) is 5.10 Å². The zero-order chi connectivity index (χ0) is 13.3. The van der Waals surface area contributed by atoms with Crippen LogP contribution in [-0.2, 0) is 0 Å². The van der Waals surface area contributed by atoms with Crippen molar-refractivity contribution in [3.8, 4) is 0 Å². The van der Waals surface area contributed by atoms with E-state index in [9.17, 15) is 4.79 Å². The van der Waals surface area contributed by atoms with Crippen LogP contribution in [0.25, 0.3) is 0 Å². The molecule has 18 heavy (non-hydrogen) atoms. The van der Waals surface area contributed by atoms with Crippen LogP contribution < -0.4 is 11.1 Å². The zero-order valence-electron chi connectivity index (χ0n) is 10.0. The molecule has 1 aromatic heterocycles. The number of nitrogen functional groups attached to an aromatic ring is 1. The van der Waals surface area contributed by atoms with E-state index in [1.165, 1.54) is 6.20 Å². The average molecular weight is 309 g/mol. The Balaban J connectivity index is 2.25. The lowest BCUT2D eigenvalue weighted by Gasteiger charge is -2.09. The van der Waals surface area contributed by atoms with Gasteiger partial charge in [0, 0.05) is 10.2 Å². The number of carbonyl (C=O) groups excluding carboxylic acids is 1. The number of hydrogen-bond donors (Lipinski definition) is 3. The molecule has 0 unspecified atom stereocenters. The SMILES string of the molecule is Cc1cc(NC(=O)c2cn[nH]c2N)cc(C)c1Br. The fraction of sp³-hybridized carbons (Fsp3) is 0.167. The Kier molecular flexibility index (Phi) is 3.38. The number of amides is 1. The predicted octanol–water partition coefficient (Wildman–Crippen LogP) is 2.62. The van der Waals surface area contributed by atoms with E-state index < -0.39 is 0 Å². The summed E-state index contributed by atoms with van der Waals surface area (Å²) < 4.78 is 1.04. The highest BCUT2D eigenvalue weighted by atomic mass is 79.9. The van der Waals surface area contributed by atoms with Gasteiger partial charge in [-0.25, -0.2) is 0 Å². The topological polar surface area (TPSA) is 83.8 Å². The van der Waals surface area contributed by atoms with Crippen LogP contribution in [0.4, 0.5) is 11.5 Å². The molecule has 6 heteroatoms. The molecule has 0 saturated carbocycles. The Morgan fingerprint density at radius 2 is 2.00 bits per heavy atom. The van der Waals surface area contributed by atoms with E-state index >= 15 is 0 Å². The van der Waals surface area contributed by atoms with Crippen molar-refractivity contribution in [3.05, 3.63) is 39.5 Å². The number of halogens is 1.